The number of fused-ring (bicyclic) bond motifs is 1. The number of para-hydroxylation sites is 1. The van der Waals surface area contributed by atoms with E-state index in [1.54, 1.807) is 0 Å². The van der Waals surface area contributed by atoms with Crippen molar-refractivity contribution in [2.24, 2.45) is 0 Å². The lowest BCUT2D eigenvalue weighted by atomic mass is 10.0. The van der Waals surface area contributed by atoms with Crippen LogP contribution in [0.15, 0.2) is 36.4 Å². The van der Waals surface area contributed by atoms with Crippen LogP contribution in [0.25, 0.3) is 0 Å². The normalized spacial score (nSPS) is 17.9. The predicted molar refractivity (Wildman–Crippen MR) is 93.5 cm³/mol. The molecule has 0 spiro atoms. The third kappa shape index (κ3) is 2.84. The first-order chi connectivity index (χ1) is 11.3. The average molecular weight is 310 g/mol. The number of benzene rings is 1. The highest BCUT2D eigenvalue weighted by Crippen LogP contribution is 2.35. The van der Waals surface area contributed by atoms with Gasteiger partial charge in [-0.2, -0.15) is 0 Å². The molecule has 3 heterocycles. The van der Waals surface area contributed by atoms with E-state index in [2.05, 4.69) is 45.1 Å². The van der Waals surface area contributed by atoms with E-state index in [1.807, 2.05) is 6.07 Å². The van der Waals surface area contributed by atoms with E-state index >= 15 is 0 Å². The highest BCUT2D eigenvalue weighted by Gasteiger charge is 2.20. The number of nitrogen functional groups attached to an aromatic ring is 1. The summed E-state index contributed by atoms with van der Waals surface area (Å²) in [6, 6.07) is 12.8. The highest BCUT2D eigenvalue weighted by molar-refractivity contribution is 5.72. The van der Waals surface area contributed by atoms with E-state index in [9.17, 15) is 0 Å². The molecule has 2 aliphatic heterocycles. The summed E-state index contributed by atoms with van der Waals surface area (Å²) in [4.78, 5) is 9.14. The van der Waals surface area contributed by atoms with Gasteiger partial charge in [0.05, 0.1) is 13.2 Å². The fourth-order valence-corrected chi connectivity index (χ4v) is 3.43. The van der Waals surface area contributed by atoms with Gasteiger partial charge < -0.3 is 20.3 Å². The molecule has 5 heteroatoms. The van der Waals surface area contributed by atoms with Crippen molar-refractivity contribution in [2.45, 2.75) is 12.8 Å². The molecule has 1 aromatic heterocycles. The lowest BCUT2D eigenvalue weighted by molar-refractivity contribution is 0.122. The van der Waals surface area contributed by atoms with Crippen molar-refractivity contribution < 1.29 is 4.74 Å². The molecule has 120 valence electrons. The monoisotopic (exact) mass is 310 g/mol. The molecule has 5 nitrogen and oxygen atoms in total. The standard InChI is InChI=1S/C18H22N4O/c19-17-12-15(13-18(20-17)21-8-10-23-11-9-21)22-7-3-5-14-4-1-2-6-16(14)22/h1-2,4,6,12-13H,3,5,7-11H2,(H2,19,20). The van der Waals surface area contributed by atoms with Gasteiger partial charge in [0, 0.05) is 43.1 Å². The Morgan fingerprint density at radius 3 is 2.74 bits per heavy atom. The second-order valence-electron chi connectivity index (χ2n) is 6.09. The van der Waals surface area contributed by atoms with Crippen LogP contribution in [0.4, 0.5) is 23.0 Å². The van der Waals surface area contributed by atoms with Crippen LogP contribution in [0.5, 0.6) is 0 Å². The number of ether oxygens (including phenoxy) is 1. The van der Waals surface area contributed by atoms with Crippen molar-refractivity contribution in [3.8, 4) is 0 Å². The average Bonchev–Trinajstić information content (AvgIpc) is 2.61. The zero-order valence-corrected chi connectivity index (χ0v) is 13.2. The summed E-state index contributed by atoms with van der Waals surface area (Å²) in [5.74, 6) is 1.53. The van der Waals surface area contributed by atoms with Gasteiger partial charge in [-0.3, -0.25) is 0 Å². The lowest BCUT2D eigenvalue weighted by Gasteiger charge is -2.33. The molecule has 23 heavy (non-hydrogen) atoms. The van der Waals surface area contributed by atoms with Gasteiger partial charge in [0.1, 0.15) is 11.6 Å². The van der Waals surface area contributed by atoms with Crippen LogP contribution in [0.2, 0.25) is 0 Å². The molecule has 0 amide bonds. The summed E-state index contributed by atoms with van der Waals surface area (Å²) in [5, 5.41) is 0. The van der Waals surface area contributed by atoms with Crippen molar-refractivity contribution in [2.75, 3.05) is 48.4 Å². The summed E-state index contributed by atoms with van der Waals surface area (Å²) in [6.45, 7) is 4.25. The van der Waals surface area contributed by atoms with Gasteiger partial charge in [-0.25, -0.2) is 4.98 Å². The van der Waals surface area contributed by atoms with E-state index in [0.29, 0.717) is 5.82 Å². The number of rotatable bonds is 2. The van der Waals surface area contributed by atoms with Gasteiger partial charge >= 0.3 is 0 Å². The Balaban J connectivity index is 1.71. The quantitative estimate of drug-likeness (QED) is 0.924. The van der Waals surface area contributed by atoms with Crippen molar-refractivity contribution in [3.05, 3.63) is 42.0 Å². The summed E-state index contributed by atoms with van der Waals surface area (Å²) >= 11 is 0. The maximum Gasteiger partial charge on any atom is 0.133 e. The third-order valence-electron chi connectivity index (χ3n) is 4.57. The Morgan fingerprint density at radius 2 is 1.87 bits per heavy atom. The fourth-order valence-electron chi connectivity index (χ4n) is 3.43. The minimum Gasteiger partial charge on any atom is -0.384 e. The van der Waals surface area contributed by atoms with Crippen LogP contribution in [-0.4, -0.2) is 37.8 Å². The van der Waals surface area contributed by atoms with E-state index in [1.165, 1.54) is 11.3 Å². The Morgan fingerprint density at radius 1 is 1.04 bits per heavy atom. The van der Waals surface area contributed by atoms with Crippen LogP contribution in [0, 0.1) is 0 Å². The molecule has 2 N–H and O–H groups in total. The van der Waals surface area contributed by atoms with Crippen LogP contribution >= 0.6 is 0 Å². The summed E-state index contributed by atoms with van der Waals surface area (Å²) in [6.07, 6.45) is 2.30. The van der Waals surface area contributed by atoms with Crippen LogP contribution in [-0.2, 0) is 11.2 Å². The minimum absolute atomic E-state index is 0.576. The van der Waals surface area contributed by atoms with Gasteiger partial charge in [-0.05, 0) is 24.5 Å². The molecule has 1 saturated heterocycles. The maximum absolute atomic E-state index is 6.10. The first-order valence-electron chi connectivity index (χ1n) is 8.27. The molecule has 0 atom stereocenters. The van der Waals surface area contributed by atoms with Gasteiger partial charge in [-0.15, -0.1) is 0 Å². The Hall–Kier alpha value is -2.27. The SMILES string of the molecule is Nc1cc(N2CCCc3ccccc32)cc(N2CCOCC2)n1. The van der Waals surface area contributed by atoms with Crippen molar-refractivity contribution in [1.82, 2.24) is 4.98 Å². The lowest BCUT2D eigenvalue weighted by Crippen LogP contribution is -2.37. The molecule has 0 aliphatic carbocycles. The molecule has 4 rings (SSSR count). The number of hydrogen-bond acceptors (Lipinski definition) is 5. The number of morpholine rings is 1. The van der Waals surface area contributed by atoms with E-state index in [0.717, 1.165) is 57.2 Å². The zero-order chi connectivity index (χ0) is 15.6. The molecular formula is C18H22N4O. The summed E-state index contributed by atoms with van der Waals surface area (Å²) in [7, 11) is 0. The number of hydrogen-bond donors (Lipinski definition) is 1. The summed E-state index contributed by atoms with van der Waals surface area (Å²) < 4.78 is 5.43. The van der Waals surface area contributed by atoms with Crippen molar-refractivity contribution >= 4 is 23.0 Å². The Bertz CT molecular complexity index is 697. The van der Waals surface area contributed by atoms with E-state index in [4.69, 9.17) is 10.5 Å². The second kappa shape index (κ2) is 6.08. The highest BCUT2D eigenvalue weighted by atomic mass is 16.5. The molecule has 2 aliphatic rings. The fraction of sp³-hybridized carbons (Fsp3) is 0.389. The largest absolute Gasteiger partial charge is 0.384 e. The van der Waals surface area contributed by atoms with E-state index < -0.39 is 0 Å². The third-order valence-corrected chi connectivity index (χ3v) is 4.57. The minimum atomic E-state index is 0.576. The predicted octanol–water partition coefficient (Wildman–Crippen LogP) is 2.58. The molecule has 0 radical (unpaired) electrons. The first-order valence-corrected chi connectivity index (χ1v) is 8.27. The second-order valence-corrected chi connectivity index (χ2v) is 6.09. The van der Waals surface area contributed by atoms with Crippen LogP contribution < -0.4 is 15.5 Å². The summed E-state index contributed by atoms with van der Waals surface area (Å²) in [5.41, 5.74) is 9.92. The smallest absolute Gasteiger partial charge is 0.133 e. The molecule has 1 fully saturated rings. The van der Waals surface area contributed by atoms with Crippen molar-refractivity contribution in [3.63, 3.8) is 0 Å². The molecular weight excluding hydrogens is 288 g/mol. The zero-order valence-electron chi connectivity index (χ0n) is 13.2. The van der Waals surface area contributed by atoms with Gasteiger partial charge in [0.25, 0.3) is 0 Å². The first kappa shape index (κ1) is 14.3. The van der Waals surface area contributed by atoms with Gasteiger partial charge in [-0.1, -0.05) is 18.2 Å². The molecule has 2 aromatic rings. The molecule has 0 unspecified atom stereocenters. The van der Waals surface area contributed by atoms with Gasteiger partial charge in [0.15, 0.2) is 0 Å². The molecule has 1 aromatic carbocycles. The topological polar surface area (TPSA) is 54.6 Å². The molecule has 0 saturated carbocycles. The maximum atomic E-state index is 6.10. The Kier molecular flexibility index (Phi) is 3.79. The number of anilines is 4. The van der Waals surface area contributed by atoms with Crippen molar-refractivity contribution in [1.29, 1.82) is 0 Å². The van der Waals surface area contributed by atoms with Crippen LogP contribution in [0.1, 0.15) is 12.0 Å². The number of pyridine rings is 1. The number of nitrogens with two attached hydrogens (primary N) is 1. The molecule has 0 bridgehead atoms. The van der Waals surface area contributed by atoms with Crippen LogP contribution in [0.3, 0.4) is 0 Å². The van der Waals surface area contributed by atoms with Gasteiger partial charge in [0.2, 0.25) is 0 Å². The Labute approximate surface area is 136 Å². The number of nitrogens with zero attached hydrogens (tertiary/aromatic N) is 3. The number of aryl methyl sites for hydroxylation is 1. The van der Waals surface area contributed by atoms with E-state index in [-0.39, 0.29) is 0 Å². The number of aromatic nitrogens is 1.